The Morgan fingerprint density at radius 1 is 1.62 bits per heavy atom. The van der Waals surface area contributed by atoms with E-state index < -0.39 is 0 Å². The maximum atomic E-state index is 11.2. The van der Waals surface area contributed by atoms with Crippen LogP contribution in [0.3, 0.4) is 0 Å². The molecule has 1 aliphatic rings. The van der Waals surface area contributed by atoms with Gasteiger partial charge in [0.25, 0.3) is 0 Å². The molecule has 1 rings (SSSR count). The number of hydrogen-bond acceptors (Lipinski definition) is 2. The third kappa shape index (κ3) is 3.55. The molecule has 0 aromatic carbocycles. The SMILES string of the molecule is CCCCOC(=O)NC1(CBr)CC1. The number of carbonyl (C=O) groups is 1. The van der Waals surface area contributed by atoms with Crippen molar-refractivity contribution in [2.45, 2.75) is 38.1 Å². The summed E-state index contributed by atoms with van der Waals surface area (Å²) < 4.78 is 4.99. The van der Waals surface area contributed by atoms with Crippen molar-refractivity contribution in [2.24, 2.45) is 0 Å². The van der Waals surface area contributed by atoms with Gasteiger partial charge in [-0.05, 0) is 19.3 Å². The number of amides is 1. The summed E-state index contributed by atoms with van der Waals surface area (Å²) in [6.07, 6.45) is 3.83. The van der Waals surface area contributed by atoms with Crippen molar-refractivity contribution in [1.82, 2.24) is 5.32 Å². The van der Waals surface area contributed by atoms with Crippen LogP contribution in [0, 0.1) is 0 Å². The van der Waals surface area contributed by atoms with E-state index in [4.69, 9.17) is 4.74 Å². The Hall–Kier alpha value is -0.250. The molecule has 0 heterocycles. The number of hydrogen-bond donors (Lipinski definition) is 1. The Labute approximate surface area is 87.3 Å². The lowest BCUT2D eigenvalue weighted by Gasteiger charge is -2.13. The van der Waals surface area contributed by atoms with Crippen LogP contribution < -0.4 is 5.32 Å². The molecule has 0 aromatic heterocycles. The van der Waals surface area contributed by atoms with Gasteiger partial charge in [-0.2, -0.15) is 0 Å². The Kier molecular flexibility index (Phi) is 4.03. The smallest absolute Gasteiger partial charge is 0.407 e. The number of rotatable bonds is 5. The van der Waals surface area contributed by atoms with Crippen LogP contribution in [0.15, 0.2) is 0 Å². The summed E-state index contributed by atoms with van der Waals surface area (Å²) in [4.78, 5) is 11.2. The number of alkyl carbamates (subject to hydrolysis) is 1. The molecule has 4 heteroatoms. The summed E-state index contributed by atoms with van der Waals surface area (Å²) in [6.45, 7) is 2.60. The molecule has 1 aliphatic carbocycles. The van der Waals surface area contributed by atoms with Crippen LogP contribution in [0.25, 0.3) is 0 Å². The van der Waals surface area contributed by atoms with Crippen LogP contribution >= 0.6 is 15.9 Å². The van der Waals surface area contributed by atoms with E-state index in [0.717, 1.165) is 31.0 Å². The highest BCUT2D eigenvalue weighted by atomic mass is 79.9. The average Bonchev–Trinajstić information content (AvgIpc) is 2.86. The van der Waals surface area contributed by atoms with Crippen LogP contribution in [-0.4, -0.2) is 23.6 Å². The molecule has 1 saturated carbocycles. The van der Waals surface area contributed by atoms with Crippen LogP contribution in [0.4, 0.5) is 4.79 Å². The molecule has 0 saturated heterocycles. The van der Waals surface area contributed by atoms with Gasteiger partial charge in [0.05, 0.1) is 12.1 Å². The third-order valence-electron chi connectivity index (χ3n) is 2.21. The molecule has 0 radical (unpaired) electrons. The highest BCUT2D eigenvalue weighted by Gasteiger charge is 2.43. The maximum Gasteiger partial charge on any atom is 0.407 e. The zero-order chi connectivity index (χ0) is 9.73. The molecule has 1 fully saturated rings. The number of unbranched alkanes of at least 4 members (excludes halogenated alkanes) is 1. The molecule has 0 aromatic rings. The minimum absolute atomic E-state index is 0.00327. The first-order valence-electron chi connectivity index (χ1n) is 4.73. The molecule has 3 nitrogen and oxygen atoms in total. The van der Waals surface area contributed by atoms with Crippen LogP contribution in [0.5, 0.6) is 0 Å². The second kappa shape index (κ2) is 4.84. The molecular formula is C9H16BrNO2. The minimum Gasteiger partial charge on any atom is -0.450 e. The lowest BCUT2D eigenvalue weighted by molar-refractivity contribution is 0.140. The number of ether oxygens (including phenoxy) is 1. The Balaban J connectivity index is 2.11. The van der Waals surface area contributed by atoms with Crippen molar-refractivity contribution >= 4 is 22.0 Å². The van der Waals surface area contributed by atoms with Crippen molar-refractivity contribution in [1.29, 1.82) is 0 Å². The quantitative estimate of drug-likeness (QED) is 0.601. The van der Waals surface area contributed by atoms with Crippen molar-refractivity contribution in [3.63, 3.8) is 0 Å². The lowest BCUT2D eigenvalue weighted by Crippen LogP contribution is -2.38. The van der Waals surface area contributed by atoms with Gasteiger partial charge in [-0.3, -0.25) is 0 Å². The van der Waals surface area contributed by atoms with E-state index in [2.05, 4.69) is 28.2 Å². The second-order valence-corrected chi connectivity index (χ2v) is 4.09. The summed E-state index contributed by atoms with van der Waals surface area (Å²) in [7, 11) is 0. The van der Waals surface area contributed by atoms with Gasteiger partial charge in [-0.25, -0.2) is 4.79 Å². The lowest BCUT2D eigenvalue weighted by atomic mass is 10.3. The van der Waals surface area contributed by atoms with E-state index in [1.807, 2.05) is 0 Å². The zero-order valence-electron chi connectivity index (χ0n) is 7.94. The molecule has 0 bridgehead atoms. The minimum atomic E-state index is -0.273. The first-order valence-corrected chi connectivity index (χ1v) is 5.85. The predicted molar refractivity (Wildman–Crippen MR) is 55.2 cm³/mol. The fraction of sp³-hybridized carbons (Fsp3) is 0.889. The Morgan fingerprint density at radius 3 is 2.77 bits per heavy atom. The van der Waals surface area contributed by atoms with Gasteiger partial charge in [0.2, 0.25) is 0 Å². The van der Waals surface area contributed by atoms with Crippen molar-refractivity contribution < 1.29 is 9.53 Å². The third-order valence-corrected chi connectivity index (χ3v) is 3.28. The van der Waals surface area contributed by atoms with Gasteiger partial charge in [-0.15, -0.1) is 0 Å². The standard InChI is InChI=1S/C9H16BrNO2/c1-2-3-6-13-8(12)11-9(7-10)4-5-9/h2-7H2,1H3,(H,11,12). The highest BCUT2D eigenvalue weighted by Crippen LogP contribution is 2.36. The number of alkyl halides is 1. The molecule has 0 atom stereocenters. The summed E-state index contributed by atoms with van der Waals surface area (Å²) in [6, 6.07) is 0. The highest BCUT2D eigenvalue weighted by molar-refractivity contribution is 9.09. The summed E-state index contributed by atoms with van der Waals surface area (Å²) >= 11 is 3.37. The van der Waals surface area contributed by atoms with Gasteiger partial charge in [-0.1, -0.05) is 29.3 Å². The predicted octanol–water partition coefficient (Wildman–Crippen LogP) is 2.44. The average molecular weight is 250 g/mol. The molecule has 1 amide bonds. The molecular weight excluding hydrogens is 234 g/mol. The number of carbonyl (C=O) groups excluding carboxylic acids is 1. The van der Waals surface area contributed by atoms with E-state index in [9.17, 15) is 4.79 Å². The van der Waals surface area contributed by atoms with E-state index in [1.165, 1.54) is 0 Å². The van der Waals surface area contributed by atoms with Gasteiger partial charge >= 0.3 is 6.09 Å². The van der Waals surface area contributed by atoms with Gasteiger partial charge in [0, 0.05) is 5.33 Å². The monoisotopic (exact) mass is 249 g/mol. The Morgan fingerprint density at radius 2 is 2.31 bits per heavy atom. The largest absolute Gasteiger partial charge is 0.450 e. The van der Waals surface area contributed by atoms with E-state index in [-0.39, 0.29) is 11.6 Å². The molecule has 0 unspecified atom stereocenters. The molecule has 0 spiro atoms. The molecule has 76 valence electrons. The summed E-state index contributed by atoms with van der Waals surface area (Å²) in [5.74, 6) is 0. The van der Waals surface area contributed by atoms with Gasteiger partial charge in [0.15, 0.2) is 0 Å². The topological polar surface area (TPSA) is 38.3 Å². The van der Waals surface area contributed by atoms with Crippen LogP contribution in [0.1, 0.15) is 32.6 Å². The zero-order valence-corrected chi connectivity index (χ0v) is 9.52. The number of nitrogens with one attached hydrogen (secondary N) is 1. The fourth-order valence-corrected chi connectivity index (χ4v) is 1.71. The number of halogens is 1. The Bertz CT molecular complexity index is 180. The first kappa shape index (κ1) is 10.8. The first-order chi connectivity index (χ1) is 6.22. The van der Waals surface area contributed by atoms with Crippen molar-refractivity contribution in [3.8, 4) is 0 Å². The van der Waals surface area contributed by atoms with E-state index in [0.29, 0.717) is 6.61 Å². The fourth-order valence-electron chi connectivity index (χ4n) is 1.00. The van der Waals surface area contributed by atoms with Crippen LogP contribution in [-0.2, 0) is 4.74 Å². The normalized spacial score (nSPS) is 18.0. The molecule has 1 N–H and O–H groups in total. The summed E-state index contributed by atoms with van der Waals surface area (Å²) in [5.41, 5.74) is 0.00327. The molecule has 13 heavy (non-hydrogen) atoms. The van der Waals surface area contributed by atoms with E-state index in [1.54, 1.807) is 0 Å². The second-order valence-electron chi connectivity index (χ2n) is 3.53. The summed E-state index contributed by atoms with van der Waals surface area (Å²) in [5, 5.41) is 3.69. The van der Waals surface area contributed by atoms with Crippen molar-refractivity contribution in [2.75, 3.05) is 11.9 Å². The van der Waals surface area contributed by atoms with Crippen LogP contribution in [0.2, 0.25) is 0 Å². The van der Waals surface area contributed by atoms with Gasteiger partial charge < -0.3 is 10.1 Å². The van der Waals surface area contributed by atoms with E-state index >= 15 is 0 Å². The van der Waals surface area contributed by atoms with Gasteiger partial charge in [0.1, 0.15) is 0 Å². The van der Waals surface area contributed by atoms with Crippen molar-refractivity contribution in [3.05, 3.63) is 0 Å². The molecule has 0 aliphatic heterocycles. The maximum absolute atomic E-state index is 11.2.